The normalized spacial score (nSPS) is 18.1. The smallest absolute Gasteiger partial charge is 0.251 e. The van der Waals surface area contributed by atoms with Crippen LogP contribution in [-0.2, 0) is 6.42 Å². The van der Waals surface area contributed by atoms with Gasteiger partial charge in [0, 0.05) is 22.7 Å². The molecule has 1 aliphatic carbocycles. The number of rotatable bonds is 9. The van der Waals surface area contributed by atoms with Crippen LogP contribution in [0.5, 0.6) is 17.2 Å². The molecular weight excluding hydrogens is 404 g/mol. The number of amides is 1. The highest BCUT2D eigenvalue weighted by Gasteiger charge is 2.29. The molecule has 30 heavy (non-hydrogen) atoms. The van der Waals surface area contributed by atoms with Gasteiger partial charge in [-0.1, -0.05) is 23.7 Å². The van der Waals surface area contributed by atoms with Gasteiger partial charge in [-0.25, -0.2) is 0 Å². The van der Waals surface area contributed by atoms with E-state index < -0.39 is 0 Å². The first-order valence-corrected chi connectivity index (χ1v) is 10.5. The van der Waals surface area contributed by atoms with Crippen molar-refractivity contribution in [2.75, 3.05) is 27.9 Å². The van der Waals surface area contributed by atoms with E-state index in [1.165, 1.54) is 19.8 Å². The molecule has 0 aromatic heterocycles. The Balaban J connectivity index is 1.60. The Bertz CT molecular complexity index is 832. The Morgan fingerprint density at radius 1 is 1.00 bits per heavy atom. The topological polar surface area (TPSA) is 68.8 Å². The molecule has 1 fully saturated rings. The zero-order chi connectivity index (χ0) is 21.5. The van der Waals surface area contributed by atoms with E-state index in [0.29, 0.717) is 22.8 Å². The van der Waals surface area contributed by atoms with Gasteiger partial charge in [0.1, 0.15) is 0 Å². The number of nitrogens with one attached hydrogen (secondary N) is 2. The molecule has 2 aromatic carbocycles. The zero-order valence-corrected chi connectivity index (χ0v) is 18.4. The van der Waals surface area contributed by atoms with Crippen LogP contribution in [0.3, 0.4) is 0 Å². The number of hydrogen-bond acceptors (Lipinski definition) is 5. The van der Waals surface area contributed by atoms with Crippen molar-refractivity contribution in [1.29, 1.82) is 0 Å². The third-order valence-corrected chi connectivity index (χ3v) is 5.74. The van der Waals surface area contributed by atoms with Gasteiger partial charge in [-0.15, -0.1) is 0 Å². The highest BCUT2D eigenvalue weighted by atomic mass is 35.5. The van der Waals surface area contributed by atoms with Crippen molar-refractivity contribution in [1.82, 2.24) is 10.6 Å². The second-order valence-corrected chi connectivity index (χ2v) is 7.80. The average Bonchev–Trinajstić information content (AvgIpc) is 3.20. The summed E-state index contributed by atoms with van der Waals surface area (Å²) in [6.45, 7) is 0.850. The number of hydrogen-bond donors (Lipinski definition) is 2. The Morgan fingerprint density at radius 3 is 2.23 bits per heavy atom. The number of methoxy groups -OCH3 is 3. The van der Waals surface area contributed by atoms with Gasteiger partial charge in [0.2, 0.25) is 5.75 Å². The SMILES string of the molecule is COc1cc(C(=O)N[C@@H]2CCC[C@H]2NCCc2ccc(Cl)cc2)cc(OC)c1OC. The summed E-state index contributed by atoms with van der Waals surface area (Å²) in [4.78, 5) is 12.9. The lowest BCUT2D eigenvalue weighted by Gasteiger charge is -2.23. The Kier molecular flexibility index (Phi) is 7.82. The van der Waals surface area contributed by atoms with E-state index in [2.05, 4.69) is 10.6 Å². The van der Waals surface area contributed by atoms with Crippen LogP contribution < -0.4 is 24.8 Å². The molecular formula is C23H29ClN2O4. The van der Waals surface area contributed by atoms with Crippen molar-refractivity contribution in [3.8, 4) is 17.2 Å². The quantitative estimate of drug-likeness (QED) is 0.630. The van der Waals surface area contributed by atoms with E-state index in [9.17, 15) is 4.79 Å². The van der Waals surface area contributed by atoms with Crippen molar-refractivity contribution in [3.63, 3.8) is 0 Å². The molecule has 0 saturated heterocycles. The molecule has 3 rings (SSSR count). The predicted octanol–water partition coefficient (Wildman–Crippen LogP) is 3.85. The second-order valence-electron chi connectivity index (χ2n) is 7.36. The first-order valence-electron chi connectivity index (χ1n) is 10.1. The average molecular weight is 433 g/mol. The highest BCUT2D eigenvalue weighted by molar-refractivity contribution is 6.30. The van der Waals surface area contributed by atoms with Crippen LogP contribution >= 0.6 is 11.6 Å². The molecule has 0 heterocycles. The maximum Gasteiger partial charge on any atom is 0.251 e. The van der Waals surface area contributed by atoms with Gasteiger partial charge in [-0.2, -0.15) is 0 Å². The lowest BCUT2D eigenvalue weighted by atomic mass is 10.1. The fourth-order valence-corrected chi connectivity index (χ4v) is 4.02. The van der Waals surface area contributed by atoms with Gasteiger partial charge in [-0.05, 0) is 62.1 Å². The predicted molar refractivity (Wildman–Crippen MR) is 118 cm³/mol. The van der Waals surface area contributed by atoms with Crippen molar-refractivity contribution >= 4 is 17.5 Å². The molecule has 0 unspecified atom stereocenters. The van der Waals surface area contributed by atoms with Gasteiger partial charge in [0.25, 0.3) is 5.91 Å². The standard InChI is InChI=1S/C23H29ClN2O4/c1-28-20-13-16(14-21(29-2)22(20)30-3)23(27)26-19-6-4-5-18(19)25-12-11-15-7-9-17(24)10-8-15/h7-10,13-14,18-19,25H,4-6,11-12H2,1-3H3,(H,26,27)/t18-,19-/m1/s1. The summed E-state index contributed by atoms with van der Waals surface area (Å²) < 4.78 is 16.0. The molecule has 0 aliphatic heterocycles. The molecule has 1 saturated carbocycles. The van der Waals surface area contributed by atoms with Gasteiger partial charge in [0.05, 0.1) is 21.3 Å². The summed E-state index contributed by atoms with van der Waals surface area (Å²) in [6.07, 6.45) is 4.00. The molecule has 162 valence electrons. The van der Waals surface area contributed by atoms with Gasteiger partial charge in [0.15, 0.2) is 11.5 Å². The van der Waals surface area contributed by atoms with Crippen molar-refractivity contribution in [2.24, 2.45) is 0 Å². The number of carbonyl (C=O) groups excluding carboxylic acids is 1. The lowest BCUT2D eigenvalue weighted by Crippen LogP contribution is -2.47. The maximum absolute atomic E-state index is 12.9. The minimum absolute atomic E-state index is 0.0850. The first kappa shape index (κ1) is 22.2. The Hall–Kier alpha value is -2.44. The molecule has 2 atom stereocenters. The number of ether oxygens (including phenoxy) is 3. The lowest BCUT2D eigenvalue weighted by molar-refractivity contribution is 0.0931. The molecule has 0 radical (unpaired) electrons. The second kappa shape index (κ2) is 10.5. The van der Waals surface area contributed by atoms with E-state index in [-0.39, 0.29) is 18.0 Å². The van der Waals surface area contributed by atoms with Crippen molar-refractivity contribution in [2.45, 2.75) is 37.8 Å². The minimum atomic E-state index is -0.148. The van der Waals surface area contributed by atoms with Crippen molar-refractivity contribution < 1.29 is 19.0 Å². The Labute approximate surface area is 182 Å². The molecule has 1 aliphatic rings. The molecule has 6 nitrogen and oxygen atoms in total. The highest BCUT2D eigenvalue weighted by Crippen LogP contribution is 2.38. The molecule has 2 N–H and O–H groups in total. The summed E-state index contributed by atoms with van der Waals surface area (Å²) in [5.74, 6) is 1.25. The van der Waals surface area contributed by atoms with E-state index in [1.807, 2.05) is 24.3 Å². The maximum atomic E-state index is 12.9. The van der Waals surface area contributed by atoms with Crippen molar-refractivity contribution in [3.05, 3.63) is 52.5 Å². The first-order chi connectivity index (χ1) is 14.5. The molecule has 1 amide bonds. The van der Waals surface area contributed by atoms with E-state index in [1.54, 1.807) is 19.2 Å². The largest absolute Gasteiger partial charge is 0.493 e. The summed E-state index contributed by atoms with van der Waals surface area (Å²) in [5.41, 5.74) is 1.72. The fraction of sp³-hybridized carbons (Fsp3) is 0.435. The summed E-state index contributed by atoms with van der Waals surface area (Å²) in [7, 11) is 4.62. The fourth-order valence-electron chi connectivity index (χ4n) is 3.89. The summed E-state index contributed by atoms with van der Waals surface area (Å²) >= 11 is 5.94. The van der Waals surface area contributed by atoms with Gasteiger partial charge in [-0.3, -0.25) is 4.79 Å². The zero-order valence-electron chi connectivity index (χ0n) is 17.7. The molecule has 0 spiro atoms. The van der Waals surface area contributed by atoms with Crippen LogP contribution in [0.4, 0.5) is 0 Å². The summed E-state index contributed by atoms with van der Waals surface area (Å²) in [6, 6.07) is 11.6. The third kappa shape index (κ3) is 5.37. The summed E-state index contributed by atoms with van der Waals surface area (Å²) in [5, 5.41) is 7.52. The van der Waals surface area contributed by atoms with Gasteiger partial charge >= 0.3 is 0 Å². The van der Waals surface area contributed by atoms with Crippen LogP contribution in [0.1, 0.15) is 35.2 Å². The monoisotopic (exact) mass is 432 g/mol. The number of carbonyl (C=O) groups is 1. The Morgan fingerprint density at radius 2 is 1.63 bits per heavy atom. The van der Waals surface area contributed by atoms with Crippen LogP contribution in [-0.4, -0.2) is 45.9 Å². The molecule has 0 bridgehead atoms. The number of halogens is 1. The van der Waals surface area contributed by atoms with Crippen LogP contribution in [0.2, 0.25) is 5.02 Å². The van der Waals surface area contributed by atoms with Crippen LogP contribution in [0, 0.1) is 0 Å². The van der Waals surface area contributed by atoms with Crippen LogP contribution in [0.25, 0.3) is 0 Å². The number of benzene rings is 2. The van der Waals surface area contributed by atoms with Crippen LogP contribution in [0.15, 0.2) is 36.4 Å². The third-order valence-electron chi connectivity index (χ3n) is 5.49. The molecule has 7 heteroatoms. The minimum Gasteiger partial charge on any atom is -0.493 e. The molecule has 2 aromatic rings. The van der Waals surface area contributed by atoms with E-state index >= 15 is 0 Å². The van der Waals surface area contributed by atoms with Gasteiger partial charge < -0.3 is 24.8 Å². The van der Waals surface area contributed by atoms with E-state index in [4.69, 9.17) is 25.8 Å². The van der Waals surface area contributed by atoms with E-state index in [0.717, 1.165) is 37.3 Å².